The molecule has 0 spiro atoms. The SMILES string of the molecule is O=C(O)c1cc(Br)c(O)cn1. The average molecular weight is 218 g/mol. The molecule has 0 amide bonds. The summed E-state index contributed by atoms with van der Waals surface area (Å²) < 4.78 is 0.324. The summed E-state index contributed by atoms with van der Waals surface area (Å²) in [6.45, 7) is 0. The van der Waals surface area contributed by atoms with Crippen LogP contribution in [0, 0.1) is 0 Å². The van der Waals surface area contributed by atoms with Gasteiger partial charge in [0.25, 0.3) is 0 Å². The minimum absolute atomic E-state index is 0.0741. The summed E-state index contributed by atoms with van der Waals surface area (Å²) in [5.41, 5.74) is -0.102. The predicted octanol–water partition coefficient (Wildman–Crippen LogP) is 1.25. The van der Waals surface area contributed by atoms with Crippen LogP contribution in [0.25, 0.3) is 0 Å². The first kappa shape index (κ1) is 8.00. The fourth-order valence-corrected chi connectivity index (χ4v) is 0.860. The van der Waals surface area contributed by atoms with Gasteiger partial charge in [0.15, 0.2) is 0 Å². The molecule has 0 bridgehead atoms. The lowest BCUT2D eigenvalue weighted by Gasteiger charge is -1.96. The normalized spacial score (nSPS) is 9.55. The van der Waals surface area contributed by atoms with E-state index in [-0.39, 0.29) is 11.4 Å². The number of aromatic nitrogens is 1. The van der Waals surface area contributed by atoms with Gasteiger partial charge in [0.1, 0.15) is 11.4 Å². The molecule has 0 saturated carbocycles. The maximum Gasteiger partial charge on any atom is 0.354 e. The van der Waals surface area contributed by atoms with Crippen LogP contribution in [-0.4, -0.2) is 21.2 Å². The topological polar surface area (TPSA) is 70.4 Å². The van der Waals surface area contributed by atoms with Crippen molar-refractivity contribution in [1.82, 2.24) is 4.98 Å². The van der Waals surface area contributed by atoms with Crippen molar-refractivity contribution in [3.8, 4) is 5.75 Å². The van der Waals surface area contributed by atoms with Gasteiger partial charge in [-0.1, -0.05) is 0 Å². The number of nitrogens with zero attached hydrogens (tertiary/aromatic N) is 1. The third kappa shape index (κ3) is 1.68. The fraction of sp³-hybridized carbons (Fsp3) is 0. The second-order valence-corrected chi connectivity index (χ2v) is 2.68. The van der Waals surface area contributed by atoms with E-state index in [2.05, 4.69) is 20.9 Å². The molecule has 0 aliphatic carbocycles. The molecule has 0 radical (unpaired) electrons. The molecular formula is C6H4BrNO3. The first-order valence-electron chi connectivity index (χ1n) is 2.69. The van der Waals surface area contributed by atoms with Crippen molar-refractivity contribution >= 4 is 21.9 Å². The second-order valence-electron chi connectivity index (χ2n) is 1.83. The van der Waals surface area contributed by atoms with Crippen LogP contribution in [0.3, 0.4) is 0 Å². The molecule has 5 heteroatoms. The molecule has 1 heterocycles. The van der Waals surface area contributed by atoms with Crippen molar-refractivity contribution in [3.63, 3.8) is 0 Å². The molecular weight excluding hydrogens is 214 g/mol. The van der Waals surface area contributed by atoms with Gasteiger partial charge in [-0.2, -0.15) is 0 Å². The molecule has 0 fully saturated rings. The van der Waals surface area contributed by atoms with Gasteiger partial charge in [0.05, 0.1) is 10.7 Å². The molecule has 11 heavy (non-hydrogen) atoms. The van der Waals surface area contributed by atoms with E-state index in [0.29, 0.717) is 4.47 Å². The highest BCUT2D eigenvalue weighted by Crippen LogP contribution is 2.22. The third-order valence-electron chi connectivity index (χ3n) is 1.05. The fourth-order valence-electron chi connectivity index (χ4n) is 0.541. The standard InChI is InChI=1S/C6H4BrNO3/c7-3-1-4(6(10)11)8-2-5(3)9/h1-2,9H,(H,10,11). The summed E-state index contributed by atoms with van der Waals surface area (Å²) in [4.78, 5) is 13.8. The molecule has 1 rings (SSSR count). The van der Waals surface area contributed by atoms with Crippen molar-refractivity contribution < 1.29 is 15.0 Å². The van der Waals surface area contributed by atoms with E-state index < -0.39 is 5.97 Å². The first-order chi connectivity index (χ1) is 5.11. The zero-order valence-corrected chi connectivity index (χ0v) is 6.87. The largest absolute Gasteiger partial charge is 0.505 e. The predicted molar refractivity (Wildman–Crippen MR) is 40.6 cm³/mol. The van der Waals surface area contributed by atoms with E-state index in [1.807, 2.05) is 0 Å². The number of halogens is 1. The highest BCUT2D eigenvalue weighted by Gasteiger charge is 2.06. The van der Waals surface area contributed by atoms with Gasteiger partial charge in [0.2, 0.25) is 0 Å². The maximum absolute atomic E-state index is 10.3. The number of aromatic carboxylic acids is 1. The summed E-state index contributed by atoms with van der Waals surface area (Å²) in [6, 6.07) is 1.23. The van der Waals surface area contributed by atoms with E-state index in [4.69, 9.17) is 10.2 Å². The van der Waals surface area contributed by atoms with Gasteiger partial charge in [-0.15, -0.1) is 0 Å². The highest BCUT2D eigenvalue weighted by molar-refractivity contribution is 9.10. The zero-order valence-electron chi connectivity index (χ0n) is 5.28. The number of carbonyl (C=O) groups is 1. The number of rotatable bonds is 1. The van der Waals surface area contributed by atoms with Gasteiger partial charge >= 0.3 is 5.97 Å². The number of carboxylic acids is 1. The highest BCUT2D eigenvalue weighted by atomic mass is 79.9. The van der Waals surface area contributed by atoms with Crippen molar-refractivity contribution in [2.45, 2.75) is 0 Å². The van der Waals surface area contributed by atoms with E-state index in [1.54, 1.807) is 0 Å². The van der Waals surface area contributed by atoms with Gasteiger partial charge in [-0.3, -0.25) is 0 Å². The van der Waals surface area contributed by atoms with Crippen molar-refractivity contribution in [2.75, 3.05) is 0 Å². The smallest absolute Gasteiger partial charge is 0.354 e. The Hall–Kier alpha value is -1.10. The van der Waals surface area contributed by atoms with Crippen LogP contribution in [0.2, 0.25) is 0 Å². The molecule has 58 valence electrons. The number of hydrogen-bond donors (Lipinski definition) is 2. The Balaban J connectivity index is 3.15. The Labute approximate surface area is 70.6 Å². The van der Waals surface area contributed by atoms with Gasteiger partial charge < -0.3 is 10.2 Å². The van der Waals surface area contributed by atoms with Crippen LogP contribution in [0.15, 0.2) is 16.7 Å². The van der Waals surface area contributed by atoms with Crippen LogP contribution < -0.4 is 0 Å². The van der Waals surface area contributed by atoms with Crippen LogP contribution in [0.1, 0.15) is 10.5 Å². The van der Waals surface area contributed by atoms with Gasteiger partial charge in [0, 0.05) is 0 Å². The molecule has 0 atom stereocenters. The molecule has 0 aromatic carbocycles. The third-order valence-corrected chi connectivity index (χ3v) is 1.69. The quantitative estimate of drug-likeness (QED) is 0.743. The lowest BCUT2D eigenvalue weighted by Crippen LogP contribution is -1.98. The molecule has 4 nitrogen and oxygen atoms in total. The monoisotopic (exact) mass is 217 g/mol. The molecule has 1 aromatic rings. The zero-order chi connectivity index (χ0) is 8.43. The molecule has 0 aliphatic rings. The number of pyridine rings is 1. The van der Waals surface area contributed by atoms with Crippen molar-refractivity contribution in [1.29, 1.82) is 0 Å². The van der Waals surface area contributed by atoms with Crippen molar-refractivity contribution in [2.24, 2.45) is 0 Å². The average Bonchev–Trinajstić information content (AvgIpc) is 1.94. The summed E-state index contributed by atoms with van der Waals surface area (Å²) in [5.74, 6) is -1.19. The van der Waals surface area contributed by atoms with Crippen LogP contribution in [0.4, 0.5) is 0 Å². The lowest BCUT2D eigenvalue weighted by molar-refractivity contribution is 0.0690. The summed E-state index contributed by atoms with van der Waals surface area (Å²) in [5, 5.41) is 17.4. The molecule has 0 unspecified atom stereocenters. The summed E-state index contributed by atoms with van der Waals surface area (Å²) in [7, 11) is 0. The Kier molecular flexibility index (Phi) is 2.09. The number of hydrogen-bond acceptors (Lipinski definition) is 3. The first-order valence-corrected chi connectivity index (χ1v) is 3.48. The van der Waals surface area contributed by atoms with E-state index in [0.717, 1.165) is 6.20 Å². The maximum atomic E-state index is 10.3. The Morgan fingerprint density at radius 3 is 2.73 bits per heavy atom. The summed E-state index contributed by atoms with van der Waals surface area (Å²) in [6.07, 6.45) is 1.08. The van der Waals surface area contributed by atoms with Gasteiger partial charge in [-0.25, -0.2) is 9.78 Å². The molecule has 1 aromatic heterocycles. The molecule has 2 N–H and O–H groups in total. The van der Waals surface area contributed by atoms with E-state index in [9.17, 15) is 4.79 Å². The Bertz CT molecular complexity index is 300. The Morgan fingerprint density at radius 1 is 1.64 bits per heavy atom. The van der Waals surface area contributed by atoms with E-state index >= 15 is 0 Å². The number of carboxylic acid groups (broad SMARTS) is 1. The van der Waals surface area contributed by atoms with Crippen molar-refractivity contribution in [3.05, 3.63) is 22.4 Å². The van der Waals surface area contributed by atoms with Gasteiger partial charge in [-0.05, 0) is 22.0 Å². The lowest BCUT2D eigenvalue weighted by atomic mass is 10.3. The second kappa shape index (κ2) is 2.87. The van der Waals surface area contributed by atoms with E-state index in [1.165, 1.54) is 6.07 Å². The van der Waals surface area contributed by atoms with Crippen LogP contribution in [-0.2, 0) is 0 Å². The van der Waals surface area contributed by atoms with Crippen LogP contribution in [0.5, 0.6) is 5.75 Å². The minimum atomic E-state index is -1.12. The number of aromatic hydroxyl groups is 1. The minimum Gasteiger partial charge on any atom is -0.505 e. The Morgan fingerprint density at radius 2 is 2.27 bits per heavy atom. The summed E-state index contributed by atoms with van der Waals surface area (Å²) >= 11 is 2.96. The molecule has 0 saturated heterocycles. The van der Waals surface area contributed by atoms with Crippen LogP contribution >= 0.6 is 15.9 Å². The molecule has 0 aliphatic heterocycles.